The fraction of sp³-hybridized carbons (Fsp3) is 0.368. The predicted octanol–water partition coefficient (Wildman–Crippen LogP) is 2.96. The molecule has 2 amide bonds. The molecule has 0 saturated carbocycles. The lowest BCUT2D eigenvalue weighted by Gasteiger charge is -2.27. The smallest absolute Gasteiger partial charge is 0.317 e. The molecule has 0 radical (unpaired) electrons. The molecule has 2 rings (SSSR count). The third-order valence-corrected chi connectivity index (χ3v) is 3.91. The van der Waals surface area contributed by atoms with E-state index in [-0.39, 0.29) is 12.1 Å². The van der Waals surface area contributed by atoms with E-state index in [9.17, 15) is 4.79 Å². The van der Waals surface area contributed by atoms with Crippen LogP contribution in [0.5, 0.6) is 0 Å². The lowest BCUT2D eigenvalue weighted by atomic mass is 10.1. The highest BCUT2D eigenvalue weighted by Gasteiger charge is 2.22. The number of rotatable bonds is 7. The average molecular weight is 327 g/mol. The van der Waals surface area contributed by atoms with Crippen LogP contribution < -0.4 is 5.32 Å². The van der Waals surface area contributed by atoms with E-state index in [1.807, 2.05) is 24.3 Å². The Morgan fingerprint density at radius 3 is 2.79 bits per heavy atom. The summed E-state index contributed by atoms with van der Waals surface area (Å²) in [6, 6.07) is 13.6. The van der Waals surface area contributed by atoms with Gasteiger partial charge in [0.2, 0.25) is 0 Å². The second-order valence-electron chi connectivity index (χ2n) is 5.81. The maximum absolute atomic E-state index is 12.4. The minimum absolute atomic E-state index is 0.129. The molecule has 0 spiro atoms. The first-order chi connectivity index (χ1) is 11.6. The van der Waals surface area contributed by atoms with Gasteiger partial charge in [0.05, 0.1) is 18.3 Å². The molecule has 1 N–H and O–H groups in total. The summed E-state index contributed by atoms with van der Waals surface area (Å²) in [6.07, 6.45) is 2.53. The number of benzene rings is 1. The van der Waals surface area contributed by atoms with Crippen molar-refractivity contribution in [2.24, 2.45) is 0 Å². The fourth-order valence-corrected chi connectivity index (χ4v) is 2.57. The van der Waals surface area contributed by atoms with Crippen molar-refractivity contribution in [2.75, 3.05) is 27.3 Å². The maximum atomic E-state index is 12.4. The number of urea groups is 1. The van der Waals surface area contributed by atoms with Crippen LogP contribution in [0, 0.1) is 6.92 Å². The summed E-state index contributed by atoms with van der Waals surface area (Å²) in [5.41, 5.74) is 3.26. The third-order valence-electron chi connectivity index (χ3n) is 3.91. The van der Waals surface area contributed by atoms with Crippen LogP contribution in [0.2, 0.25) is 0 Å². The number of amides is 2. The summed E-state index contributed by atoms with van der Waals surface area (Å²) in [5, 5.41) is 2.96. The van der Waals surface area contributed by atoms with E-state index in [2.05, 4.69) is 35.4 Å². The summed E-state index contributed by atoms with van der Waals surface area (Å²) in [6.45, 7) is 3.06. The monoisotopic (exact) mass is 327 g/mol. The number of hydrogen-bond donors (Lipinski definition) is 1. The van der Waals surface area contributed by atoms with E-state index < -0.39 is 0 Å². The van der Waals surface area contributed by atoms with Gasteiger partial charge >= 0.3 is 6.03 Å². The summed E-state index contributed by atoms with van der Waals surface area (Å²) in [7, 11) is 3.39. The molecule has 1 heterocycles. The van der Waals surface area contributed by atoms with Crippen LogP contribution in [0.3, 0.4) is 0 Å². The number of nitrogens with zero attached hydrogens (tertiary/aromatic N) is 2. The second kappa shape index (κ2) is 9.03. The molecule has 5 heteroatoms. The van der Waals surface area contributed by atoms with Gasteiger partial charge in [0.15, 0.2) is 0 Å². The van der Waals surface area contributed by atoms with Gasteiger partial charge in [-0.25, -0.2) is 4.79 Å². The van der Waals surface area contributed by atoms with Crippen molar-refractivity contribution < 1.29 is 9.53 Å². The molecule has 1 aromatic heterocycles. The molecule has 2 aromatic rings. The number of nitrogens with one attached hydrogen (secondary N) is 1. The Morgan fingerprint density at radius 2 is 2.12 bits per heavy atom. The lowest BCUT2D eigenvalue weighted by molar-refractivity contribution is 0.114. The largest absolute Gasteiger partial charge is 0.382 e. The number of pyridine rings is 1. The zero-order valence-electron chi connectivity index (χ0n) is 14.5. The lowest BCUT2D eigenvalue weighted by Crippen LogP contribution is -2.42. The zero-order chi connectivity index (χ0) is 17.4. The van der Waals surface area contributed by atoms with Gasteiger partial charge in [0, 0.05) is 26.9 Å². The topological polar surface area (TPSA) is 54.5 Å². The van der Waals surface area contributed by atoms with Gasteiger partial charge in [-0.15, -0.1) is 0 Å². The Balaban J connectivity index is 1.92. The average Bonchev–Trinajstić information content (AvgIpc) is 2.60. The molecule has 0 aliphatic rings. The summed E-state index contributed by atoms with van der Waals surface area (Å²) < 4.78 is 5.25. The minimum Gasteiger partial charge on any atom is -0.382 e. The van der Waals surface area contributed by atoms with Crippen LogP contribution in [0.1, 0.15) is 22.9 Å². The number of aromatic nitrogens is 1. The highest BCUT2D eigenvalue weighted by atomic mass is 16.5. The van der Waals surface area contributed by atoms with Gasteiger partial charge in [-0.2, -0.15) is 0 Å². The Kier molecular flexibility index (Phi) is 6.75. The molecule has 0 saturated heterocycles. The number of methoxy groups -OCH3 is 1. The molecule has 1 unspecified atom stereocenters. The van der Waals surface area contributed by atoms with Crippen molar-refractivity contribution >= 4 is 6.03 Å². The van der Waals surface area contributed by atoms with Crippen molar-refractivity contribution in [1.82, 2.24) is 15.2 Å². The molecule has 128 valence electrons. The Hall–Kier alpha value is -2.40. The molecular weight excluding hydrogens is 302 g/mol. The molecule has 24 heavy (non-hydrogen) atoms. The number of carbonyl (C=O) groups excluding carboxylic acids is 1. The quantitative estimate of drug-likeness (QED) is 0.850. The first-order valence-electron chi connectivity index (χ1n) is 8.08. The van der Waals surface area contributed by atoms with E-state index in [0.717, 1.165) is 12.1 Å². The number of ether oxygens (including phenoxy) is 1. The van der Waals surface area contributed by atoms with Crippen LogP contribution in [0.15, 0.2) is 48.7 Å². The van der Waals surface area contributed by atoms with Crippen LogP contribution in [-0.2, 0) is 11.2 Å². The molecule has 0 bridgehead atoms. The number of carbonyl (C=O) groups is 1. The minimum atomic E-state index is -0.213. The van der Waals surface area contributed by atoms with E-state index in [0.29, 0.717) is 13.2 Å². The molecule has 5 nitrogen and oxygen atoms in total. The molecule has 1 aromatic carbocycles. The summed E-state index contributed by atoms with van der Waals surface area (Å²) in [5.74, 6) is 0. The van der Waals surface area contributed by atoms with Crippen LogP contribution >= 0.6 is 0 Å². The van der Waals surface area contributed by atoms with Crippen LogP contribution in [0.4, 0.5) is 4.79 Å². The molecular formula is C19H25N3O2. The summed E-state index contributed by atoms with van der Waals surface area (Å²) in [4.78, 5) is 18.4. The normalized spacial score (nSPS) is 11.8. The predicted molar refractivity (Wildman–Crippen MR) is 94.9 cm³/mol. The Morgan fingerprint density at radius 1 is 1.29 bits per heavy atom. The van der Waals surface area contributed by atoms with Crippen LogP contribution in [-0.4, -0.2) is 43.2 Å². The molecule has 1 atom stereocenters. The second-order valence-corrected chi connectivity index (χ2v) is 5.81. The van der Waals surface area contributed by atoms with Gasteiger partial charge in [-0.1, -0.05) is 35.9 Å². The van der Waals surface area contributed by atoms with Gasteiger partial charge in [-0.3, -0.25) is 4.98 Å². The maximum Gasteiger partial charge on any atom is 0.317 e. The van der Waals surface area contributed by atoms with Gasteiger partial charge in [0.1, 0.15) is 0 Å². The van der Waals surface area contributed by atoms with Crippen molar-refractivity contribution in [3.05, 3.63) is 65.5 Å². The van der Waals surface area contributed by atoms with Crippen LogP contribution in [0.25, 0.3) is 0 Å². The summed E-state index contributed by atoms with van der Waals surface area (Å²) >= 11 is 0. The Labute approximate surface area is 143 Å². The van der Waals surface area contributed by atoms with Crippen molar-refractivity contribution in [2.45, 2.75) is 19.4 Å². The number of hydrogen-bond acceptors (Lipinski definition) is 3. The standard InChI is InChI=1S/C19H25N3O2/c1-15-7-6-8-16(13-15)10-12-21-19(23)22(2)18(14-24-3)17-9-4-5-11-20-17/h4-9,11,13,18H,10,12,14H2,1-3H3,(H,21,23). The van der Waals surface area contributed by atoms with E-state index in [4.69, 9.17) is 4.74 Å². The highest BCUT2D eigenvalue weighted by Crippen LogP contribution is 2.17. The van der Waals surface area contributed by atoms with E-state index >= 15 is 0 Å². The van der Waals surface area contributed by atoms with E-state index in [1.54, 1.807) is 25.3 Å². The SMILES string of the molecule is COCC(c1ccccn1)N(C)C(=O)NCCc1cccc(C)c1. The first kappa shape index (κ1) is 17.9. The Bertz CT molecular complexity index is 646. The first-order valence-corrected chi connectivity index (χ1v) is 8.08. The molecule has 0 fully saturated rings. The highest BCUT2D eigenvalue weighted by molar-refractivity contribution is 5.74. The van der Waals surface area contributed by atoms with E-state index in [1.165, 1.54) is 11.1 Å². The number of likely N-dealkylation sites (N-methyl/N-ethyl adjacent to an activating group) is 1. The van der Waals surface area contributed by atoms with Crippen molar-refractivity contribution in [3.63, 3.8) is 0 Å². The molecule has 0 aliphatic carbocycles. The van der Waals surface area contributed by atoms with Gasteiger partial charge in [0.25, 0.3) is 0 Å². The third kappa shape index (κ3) is 5.06. The zero-order valence-corrected chi connectivity index (χ0v) is 14.5. The number of aryl methyl sites for hydroxylation is 1. The van der Waals surface area contributed by atoms with Crippen molar-refractivity contribution in [1.29, 1.82) is 0 Å². The fourth-order valence-electron chi connectivity index (χ4n) is 2.57. The van der Waals surface area contributed by atoms with Gasteiger partial charge in [-0.05, 0) is 31.0 Å². The molecule has 0 aliphatic heterocycles. The van der Waals surface area contributed by atoms with Crippen molar-refractivity contribution in [3.8, 4) is 0 Å². The van der Waals surface area contributed by atoms with Gasteiger partial charge < -0.3 is 15.0 Å².